The number of benzene rings is 1. The minimum atomic E-state index is -0.143. The van der Waals surface area contributed by atoms with E-state index in [4.69, 9.17) is 11.6 Å². The maximum absolute atomic E-state index is 12.4. The van der Waals surface area contributed by atoms with Crippen LogP contribution < -0.4 is 5.69 Å². The molecule has 1 aliphatic heterocycles. The summed E-state index contributed by atoms with van der Waals surface area (Å²) in [6, 6.07) is 5.43. The number of halogens is 1. The lowest BCUT2D eigenvalue weighted by molar-refractivity contribution is 0.0689. The van der Waals surface area contributed by atoms with Crippen molar-refractivity contribution in [3.05, 3.63) is 45.6 Å². The van der Waals surface area contributed by atoms with Gasteiger partial charge in [-0.15, -0.1) is 5.10 Å². The van der Waals surface area contributed by atoms with Crippen molar-refractivity contribution in [1.82, 2.24) is 29.4 Å². The monoisotopic (exact) mass is 360 g/mol. The third-order valence-electron chi connectivity index (χ3n) is 4.62. The summed E-state index contributed by atoms with van der Waals surface area (Å²) in [5.41, 5.74) is 1.78. The van der Waals surface area contributed by atoms with E-state index in [1.54, 1.807) is 34.8 Å². The number of carbonyl (C=O) groups is 1. The van der Waals surface area contributed by atoms with Crippen molar-refractivity contribution in [1.29, 1.82) is 0 Å². The van der Waals surface area contributed by atoms with Gasteiger partial charge in [-0.3, -0.25) is 14.0 Å². The highest BCUT2D eigenvalue weighted by atomic mass is 35.5. The lowest BCUT2D eigenvalue weighted by atomic mass is 10.0. The molecule has 0 spiro atoms. The molecule has 0 saturated carbocycles. The molecule has 130 valence electrons. The van der Waals surface area contributed by atoms with E-state index in [1.807, 2.05) is 6.07 Å². The summed E-state index contributed by atoms with van der Waals surface area (Å²) >= 11 is 5.99. The number of nitrogens with one attached hydrogen (secondary N) is 1. The van der Waals surface area contributed by atoms with Crippen molar-refractivity contribution >= 4 is 28.5 Å². The Hall–Kier alpha value is -2.61. The van der Waals surface area contributed by atoms with Gasteiger partial charge in [0.05, 0.1) is 17.2 Å². The highest BCUT2D eigenvalue weighted by Gasteiger charge is 2.27. The van der Waals surface area contributed by atoms with Crippen molar-refractivity contribution in [3.63, 3.8) is 0 Å². The van der Waals surface area contributed by atoms with Crippen LogP contribution in [0.5, 0.6) is 0 Å². The summed E-state index contributed by atoms with van der Waals surface area (Å²) in [6.45, 7) is 1.15. The Bertz CT molecular complexity index is 996. The normalized spacial score (nSPS) is 15.8. The molecule has 3 aromatic rings. The van der Waals surface area contributed by atoms with Gasteiger partial charge in [-0.05, 0) is 31.0 Å². The number of hydrogen-bond acceptors (Lipinski definition) is 4. The molecule has 8 nitrogen and oxygen atoms in total. The van der Waals surface area contributed by atoms with E-state index in [9.17, 15) is 9.59 Å². The van der Waals surface area contributed by atoms with Gasteiger partial charge >= 0.3 is 5.69 Å². The smallest absolute Gasteiger partial charge is 0.326 e. The van der Waals surface area contributed by atoms with Gasteiger partial charge in [0.1, 0.15) is 0 Å². The van der Waals surface area contributed by atoms with E-state index >= 15 is 0 Å². The molecule has 3 heterocycles. The molecule has 1 fully saturated rings. The molecule has 0 aliphatic carbocycles. The van der Waals surface area contributed by atoms with Gasteiger partial charge in [0.15, 0.2) is 5.69 Å². The Morgan fingerprint density at radius 3 is 2.76 bits per heavy atom. The Morgan fingerprint density at radius 2 is 2.08 bits per heavy atom. The number of aromatic nitrogens is 5. The van der Waals surface area contributed by atoms with Crippen molar-refractivity contribution in [2.24, 2.45) is 7.05 Å². The Balaban J connectivity index is 1.53. The molecule has 0 radical (unpaired) electrons. The fraction of sp³-hybridized carbons (Fsp3) is 0.375. The molecule has 1 saturated heterocycles. The number of likely N-dealkylation sites (tertiary alicyclic amines) is 1. The minimum absolute atomic E-state index is 0.0494. The summed E-state index contributed by atoms with van der Waals surface area (Å²) in [5.74, 6) is -0.121. The van der Waals surface area contributed by atoms with Gasteiger partial charge < -0.3 is 9.88 Å². The second kappa shape index (κ2) is 6.03. The van der Waals surface area contributed by atoms with Crippen molar-refractivity contribution in [2.75, 3.05) is 13.1 Å². The first-order valence-electron chi connectivity index (χ1n) is 8.08. The van der Waals surface area contributed by atoms with Crippen molar-refractivity contribution in [2.45, 2.75) is 18.9 Å². The summed E-state index contributed by atoms with van der Waals surface area (Å²) in [4.78, 5) is 29.4. The number of hydrogen-bond donors (Lipinski definition) is 1. The van der Waals surface area contributed by atoms with E-state index in [0.717, 1.165) is 11.0 Å². The predicted octanol–water partition coefficient (Wildman–Crippen LogP) is 1.59. The van der Waals surface area contributed by atoms with Crippen LogP contribution in [-0.2, 0) is 7.05 Å². The second-order valence-corrected chi connectivity index (χ2v) is 6.70. The van der Waals surface area contributed by atoms with Crippen LogP contribution in [0.2, 0.25) is 5.02 Å². The lowest BCUT2D eigenvalue weighted by Gasteiger charge is -2.32. The third kappa shape index (κ3) is 2.82. The van der Waals surface area contributed by atoms with E-state index in [0.29, 0.717) is 36.6 Å². The van der Waals surface area contributed by atoms with Crippen molar-refractivity contribution < 1.29 is 4.79 Å². The fourth-order valence-corrected chi connectivity index (χ4v) is 3.57. The van der Waals surface area contributed by atoms with E-state index in [1.165, 1.54) is 4.68 Å². The zero-order valence-corrected chi connectivity index (χ0v) is 14.4. The standard InChI is InChI=1S/C16H17ClN6O2/c1-21-9-13(19-20-21)15(24)22-6-4-11(5-7-22)23-14-3-2-10(17)8-12(14)18-16(23)25/h2-3,8-9,11H,4-7H2,1H3,(H,18,25). The maximum Gasteiger partial charge on any atom is 0.326 e. The van der Waals surface area contributed by atoms with Crippen LogP contribution in [0.1, 0.15) is 29.4 Å². The molecular weight excluding hydrogens is 344 g/mol. The Kier molecular flexibility index (Phi) is 3.84. The predicted molar refractivity (Wildman–Crippen MR) is 92.7 cm³/mol. The first-order chi connectivity index (χ1) is 12.0. The van der Waals surface area contributed by atoms with Gasteiger partial charge in [-0.1, -0.05) is 16.8 Å². The van der Waals surface area contributed by atoms with Gasteiger partial charge in [0.2, 0.25) is 0 Å². The number of aromatic amines is 1. The molecule has 1 N–H and O–H groups in total. The number of rotatable bonds is 2. The number of piperidine rings is 1. The van der Waals surface area contributed by atoms with Gasteiger partial charge in [0.25, 0.3) is 5.91 Å². The first-order valence-corrected chi connectivity index (χ1v) is 8.46. The summed E-state index contributed by atoms with van der Waals surface area (Å²) in [5, 5.41) is 8.26. The van der Waals surface area contributed by atoms with Crippen LogP contribution in [0.4, 0.5) is 0 Å². The van der Waals surface area contributed by atoms with Crippen LogP contribution in [0.25, 0.3) is 11.0 Å². The third-order valence-corrected chi connectivity index (χ3v) is 4.85. The van der Waals surface area contributed by atoms with Crippen LogP contribution >= 0.6 is 11.6 Å². The quantitative estimate of drug-likeness (QED) is 0.751. The van der Waals surface area contributed by atoms with Crippen LogP contribution in [-0.4, -0.2) is 48.4 Å². The molecule has 0 unspecified atom stereocenters. The lowest BCUT2D eigenvalue weighted by Crippen LogP contribution is -2.40. The topological polar surface area (TPSA) is 88.8 Å². The Morgan fingerprint density at radius 1 is 1.32 bits per heavy atom. The minimum Gasteiger partial charge on any atom is -0.337 e. The molecule has 1 aromatic carbocycles. The molecule has 0 bridgehead atoms. The van der Waals surface area contributed by atoms with E-state index in [2.05, 4.69) is 15.3 Å². The number of amides is 1. The first kappa shape index (κ1) is 15.9. The summed E-state index contributed by atoms with van der Waals surface area (Å²) < 4.78 is 3.28. The summed E-state index contributed by atoms with van der Waals surface area (Å²) in [7, 11) is 1.73. The molecule has 25 heavy (non-hydrogen) atoms. The molecule has 4 rings (SSSR count). The molecular formula is C16H17ClN6O2. The highest BCUT2D eigenvalue weighted by molar-refractivity contribution is 6.31. The molecule has 9 heteroatoms. The fourth-order valence-electron chi connectivity index (χ4n) is 3.40. The molecule has 1 amide bonds. The molecule has 1 aliphatic rings. The zero-order chi connectivity index (χ0) is 17.6. The number of H-pyrrole nitrogens is 1. The number of nitrogens with zero attached hydrogens (tertiary/aromatic N) is 5. The zero-order valence-electron chi connectivity index (χ0n) is 13.6. The van der Waals surface area contributed by atoms with Crippen LogP contribution in [0, 0.1) is 0 Å². The second-order valence-electron chi connectivity index (χ2n) is 6.26. The van der Waals surface area contributed by atoms with E-state index < -0.39 is 0 Å². The van der Waals surface area contributed by atoms with Crippen LogP contribution in [0.3, 0.4) is 0 Å². The van der Waals surface area contributed by atoms with Crippen LogP contribution in [0.15, 0.2) is 29.2 Å². The highest BCUT2D eigenvalue weighted by Crippen LogP contribution is 2.26. The van der Waals surface area contributed by atoms with Crippen molar-refractivity contribution in [3.8, 4) is 0 Å². The van der Waals surface area contributed by atoms with E-state index in [-0.39, 0.29) is 17.6 Å². The molecule has 2 aromatic heterocycles. The van der Waals surface area contributed by atoms with Gasteiger partial charge in [-0.2, -0.15) is 0 Å². The largest absolute Gasteiger partial charge is 0.337 e. The number of aryl methyl sites for hydroxylation is 1. The number of fused-ring (bicyclic) bond motifs is 1. The number of carbonyl (C=O) groups excluding carboxylic acids is 1. The maximum atomic E-state index is 12.4. The Labute approximate surface area is 148 Å². The van der Waals surface area contributed by atoms with Gasteiger partial charge in [-0.25, -0.2) is 4.79 Å². The average Bonchev–Trinajstić information content (AvgIpc) is 3.16. The SMILES string of the molecule is Cn1cc(C(=O)N2CCC(n3c(=O)[nH]c4cc(Cl)ccc43)CC2)nn1. The molecule has 0 atom stereocenters. The average molecular weight is 361 g/mol. The van der Waals surface area contributed by atoms with Gasteiger partial charge in [0, 0.05) is 31.2 Å². The number of imidazole rings is 1. The summed E-state index contributed by atoms with van der Waals surface area (Å²) in [6.07, 6.45) is 3.03.